The molecule has 0 aromatic carbocycles. The first-order valence-corrected chi connectivity index (χ1v) is 9.07. The van der Waals surface area contributed by atoms with Gasteiger partial charge in [-0.3, -0.25) is 0 Å². The van der Waals surface area contributed by atoms with Gasteiger partial charge in [-0.2, -0.15) is 0 Å². The van der Waals surface area contributed by atoms with E-state index in [9.17, 15) is 0 Å². The molecule has 0 bridgehead atoms. The molecule has 0 saturated heterocycles. The summed E-state index contributed by atoms with van der Waals surface area (Å²) in [5.74, 6) is 1.23. The van der Waals surface area contributed by atoms with Gasteiger partial charge in [-0.05, 0) is 19.4 Å². The lowest BCUT2D eigenvalue weighted by molar-refractivity contribution is 0.439. The monoisotopic (exact) mass is 293 g/mol. The molecule has 3 nitrogen and oxygen atoms in total. The molecule has 0 spiro atoms. The third-order valence-corrected chi connectivity index (χ3v) is 4.07. The standard InChI is InChI=1S/C18H35N3/c1-4-7-8-9-10-11-12-13-17(19-6-3)18-20-14-16-21(18)15-5-2/h14,16-17,19H,4-13,15H2,1-3H3. The van der Waals surface area contributed by atoms with Crippen LogP contribution in [-0.2, 0) is 6.54 Å². The first kappa shape index (κ1) is 18.2. The molecule has 0 aliphatic rings. The smallest absolute Gasteiger partial charge is 0.125 e. The van der Waals surface area contributed by atoms with Crippen molar-refractivity contribution in [2.24, 2.45) is 0 Å². The number of hydrogen-bond donors (Lipinski definition) is 1. The highest BCUT2D eigenvalue weighted by atomic mass is 15.1. The molecule has 1 heterocycles. The predicted octanol–water partition coefficient (Wildman–Crippen LogP) is 5.08. The molecule has 1 aromatic heterocycles. The Morgan fingerprint density at radius 1 is 1.00 bits per heavy atom. The molecule has 0 aliphatic heterocycles. The Balaban J connectivity index is 2.34. The number of nitrogens with zero attached hydrogens (tertiary/aromatic N) is 2. The van der Waals surface area contributed by atoms with Gasteiger partial charge in [0.1, 0.15) is 5.82 Å². The highest BCUT2D eigenvalue weighted by Crippen LogP contribution is 2.19. The third kappa shape index (κ3) is 7.12. The fourth-order valence-electron chi connectivity index (χ4n) is 2.94. The van der Waals surface area contributed by atoms with Gasteiger partial charge in [0.25, 0.3) is 0 Å². The van der Waals surface area contributed by atoms with E-state index in [4.69, 9.17) is 0 Å². The largest absolute Gasteiger partial charge is 0.334 e. The van der Waals surface area contributed by atoms with Crippen LogP contribution in [0, 0.1) is 0 Å². The topological polar surface area (TPSA) is 29.9 Å². The fraction of sp³-hybridized carbons (Fsp3) is 0.833. The van der Waals surface area contributed by atoms with Crippen LogP contribution in [0.1, 0.15) is 90.4 Å². The molecule has 0 amide bonds. The Hall–Kier alpha value is -0.830. The molecule has 1 unspecified atom stereocenters. The number of aromatic nitrogens is 2. The van der Waals surface area contributed by atoms with Gasteiger partial charge < -0.3 is 9.88 Å². The highest BCUT2D eigenvalue weighted by molar-refractivity contribution is 4.99. The summed E-state index contributed by atoms with van der Waals surface area (Å²) in [6.07, 6.45) is 16.1. The lowest BCUT2D eigenvalue weighted by atomic mass is 10.0. The minimum absolute atomic E-state index is 0.423. The maximum Gasteiger partial charge on any atom is 0.125 e. The number of unbranched alkanes of at least 4 members (excludes halogenated alkanes) is 6. The summed E-state index contributed by atoms with van der Waals surface area (Å²) in [5.41, 5.74) is 0. The molecule has 1 N–H and O–H groups in total. The molecule has 122 valence electrons. The summed E-state index contributed by atoms with van der Waals surface area (Å²) in [6, 6.07) is 0.423. The van der Waals surface area contributed by atoms with Crippen LogP contribution in [0.3, 0.4) is 0 Å². The molecule has 21 heavy (non-hydrogen) atoms. The maximum atomic E-state index is 4.59. The Labute approximate surface area is 131 Å². The van der Waals surface area contributed by atoms with Crippen LogP contribution >= 0.6 is 0 Å². The van der Waals surface area contributed by atoms with Crippen molar-refractivity contribution < 1.29 is 0 Å². The number of imidazole rings is 1. The van der Waals surface area contributed by atoms with Gasteiger partial charge in [0, 0.05) is 18.9 Å². The van der Waals surface area contributed by atoms with Gasteiger partial charge in [-0.15, -0.1) is 0 Å². The Morgan fingerprint density at radius 3 is 2.38 bits per heavy atom. The van der Waals surface area contributed by atoms with E-state index < -0.39 is 0 Å². The first-order valence-electron chi connectivity index (χ1n) is 9.07. The van der Waals surface area contributed by atoms with Gasteiger partial charge >= 0.3 is 0 Å². The second kappa shape index (κ2) is 11.8. The summed E-state index contributed by atoms with van der Waals surface area (Å²) in [7, 11) is 0. The predicted molar refractivity (Wildman–Crippen MR) is 91.5 cm³/mol. The number of rotatable bonds is 13. The van der Waals surface area contributed by atoms with Gasteiger partial charge in [0.2, 0.25) is 0 Å². The van der Waals surface area contributed by atoms with Crippen molar-refractivity contribution in [3.8, 4) is 0 Å². The first-order chi connectivity index (χ1) is 10.3. The van der Waals surface area contributed by atoms with Gasteiger partial charge in [-0.25, -0.2) is 4.98 Å². The van der Waals surface area contributed by atoms with Crippen LogP contribution in [-0.4, -0.2) is 16.1 Å². The third-order valence-electron chi connectivity index (χ3n) is 4.07. The van der Waals surface area contributed by atoms with E-state index in [2.05, 4.69) is 41.8 Å². The normalized spacial score (nSPS) is 12.7. The van der Waals surface area contributed by atoms with E-state index in [1.165, 1.54) is 63.6 Å². The van der Waals surface area contributed by atoms with Crippen molar-refractivity contribution in [3.63, 3.8) is 0 Å². The minimum Gasteiger partial charge on any atom is -0.334 e. The van der Waals surface area contributed by atoms with Crippen LogP contribution in [0.25, 0.3) is 0 Å². The van der Waals surface area contributed by atoms with E-state index in [1.807, 2.05) is 6.20 Å². The van der Waals surface area contributed by atoms with E-state index >= 15 is 0 Å². The van der Waals surface area contributed by atoms with Crippen molar-refractivity contribution in [2.45, 2.75) is 91.1 Å². The SMILES string of the molecule is CCCCCCCCCC(NCC)c1nccn1CCC. The van der Waals surface area contributed by atoms with Gasteiger partial charge in [0.05, 0.1) is 6.04 Å². The van der Waals surface area contributed by atoms with Crippen molar-refractivity contribution in [1.82, 2.24) is 14.9 Å². The lowest BCUT2D eigenvalue weighted by Gasteiger charge is -2.19. The van der Waals surface area contributed by atoms with E-state index in [1.54, 1.807) is 0 Å². The summed E-state index contributed by atoms with van der Waals surface area (Å²) in [5, 5.41) is 3.61. The Bertz CT molecular complexity index is 346. The molecule has 1 aromatic rings. The van der Waals surface area contributed by atoms with Gasteiger partial charge in [-0.1, -0.05) is 65.7 Å². The summed E-state index contributed by atoms with van der Waals surface area (Å²) in [6.45, 7) is 8.78. The summed E-state index contributed by atoms with van der Waals surface area (Å²) >= 11 is 0. The second-order valence-corrected chi connectivity index (χ2v) is 6.00. The molecular formula is C18H35N3. The molecule has 1 rings (SSSR count). The number of aryl methyl sites for hydroxylation is 1. The van der Waals surface area contributed by atoms with Crippen LogP contribution in [0.5, 0.6) is 0 Å². The molecule has 0 radical (unpaired) electrons. The van der Waals surface area contributed by atoms with Crippen LogP contribution in [0.2, 0.25) is 0 Å². The van der Waals surface area contributed by atoms with Crippen LogP contribution in [0.4, 0.5) is 0 Å². The number of nitrogens with one attached hydrogen (secondary N) is 1. The quantitative estimate of drug-likeness (QED) is 0.514. The van der Waals surface area contributed by atoms with E-state index in [0.717, 1.165) is 13.1 Å². The fourth-order valence-corrected chi connectivity index (χ4v) is 2.94. The lowest BCUT2D eigenvalue weighted by Crippen LogP contribution is -2.24. The molecule has 0 saturated carbocycles. The average molecular weight is 293 g/mol. The van der Waals surface area contributed by atoms with Crippen molar-refractivity contribution in [2.75, 3.05) is 6.54 Å². The van der Waals surface area contributed by atoms with Crippen molar-refractivity contribution >= 4 is 0 Å². The zero-order chi connectivity index (χ0) is 15.3. The van der Waals surface area contributed by atoms with E-state index in [0.29, 0.717) is 6.04 Å². The Morgan fingerprint density at radius 2 is 1.71 bits per heavy atom. The van der Waals surface area contributed by atoms with Gasteiger partial charge in [0.15, 0.2) is 0 Å². The minimum atomic E-state index is 0.423. The average Bonchev–Trinajstić information content (AvgIpc) is 2.94. The summed E-state index contributed by atoms with van der Waals surface area (Å²) in [4.78, 5) is 4.59. The van der Waals surface area contributed by atoms with Crippen molar-refractivity contribution in [3.05, 3.63) is 18.2 Å². The maximum absolute atomic E-state index is 4.59. The zero-order valence-corrected chi connectivity index (χ0v) is 14.4. The van der Waals surface area contributed by atoms with Crippen molar-refractivity contribution in [1.29, 1.82) is 0 Å². The second-order valence-electron chi connectivity index (χ2n) is 6.00. The molecule has 0 aliphatic carbocycles. The molecule has 1 atom stereocenters. The molecule has 3 heteroatoms. The molecular weight excluding hydrogens is 258 g/mol. The number of hydrogen-bond acceptors (Lipinski definition) is 2. The van der Waals surface area contributed by atoms with Crippen LogP contribution in [0.15, 0.2) is 12.4 Å². The Kier molecular flexibility index (Phi) is 10.2. The molecule has 0 fully saturated rings. The zero-order valence-electron chi connectivity index (χ0n) is 14.4. The van der Waals surface area contributed by atoms with Crippen LogP contribution < -0.4 is 5.32 Å². The highest BCUT2D eigenvalue weighted by Gasteiger charge is 2.15. The summed E-state index contributed by atoms with van der Waals surface area (Å²) < 4.78 is 2.31. The van der Waals surface area contributed by atoms with E-state index in [-0.39, 0.29) is 0 Å².